The van der Waals surface area contributed by atoms with Crippen molar-refractivity contribution in [2.45, 2.75) is 38.0 Å². The van der Waals surface area contributed by atoms with Crippen molar-refractivity contribution in [1.29, 1.82) is 0 Å². The summed E-state index contributed by atoms with van der Waals surface area (Å²) in [6.45, 7) is 4.26. The summed E-state index contributed by atoms with van der Waals surface area (Å²) in [5, 5.41) is 0. The van der Waals surface area contributed by atoms with Crippen LogP contribution in [-0.2, 0) is 22.9 Å². The van der Waals surface area contributed by atoms with Crippen LogP contribution in [0.3, 0.4) is 0 Å². The molecule has 2 aromatic carbocycles. The number of hydrogen-bond acceptors (Lipinski definition) is 2. The van der Waals surface area contributed by atoms with Gasteiger partial charge < -0.3 is 0 Å². The molecule has 0 radical (unpaired) electrons. The first kappa shape index (κ1) is 19.5. The molecule has 0 bridgehead atoms. The first-order chi connectivity index (χ1) is 11.8. The van der Waals surface area contributed by atoms with E-state index in [4.69, 9.17) is 0 Å². The topological polar surface area (TPSA) is 46.2 Å². The number of hydrogen-bond donors (Lipinski definition) is 1. The molecule has 0 saturated carbocycles. The van der Waals surface area contributed by atoms with Gasteiger partial charge in [-0.25, -0.2) is 21.9 Å². The molecule has 0 aliphatic heterocycles. The summed E-state index contributed by atoms with van der Waals surface area (Å²) < 4.78 is 54.1. The van der Waals surface area contributed by atoms with E-state index in [0.29, 0.717) is 30.7 Å². The molecule has 3 nitrogen and oxygen atoms in total. The van der Waals surface area contributed by atoms with E-state index in [1.165, 1.54) is 12.1 Å². The van der Waals surface area contributed by atoms with Gasteiger partial charge in [-0.05, 0) is 48.4 Å². The first-order valence-electron chi connectivity index (χ1n) is 8.31. The van der Waals surface area contributed by atoms with E-state index in [-0.39, 0.29) is 11.4 Å². The molecule has 2 aromatic rings. The fourth-order valence-electron chi connectivity index (χ4n) is 2.66. The van der Waals surface area contributed by atoms with Crippen molar-refractivity contribution in [2.75, 3.05) is 6.54 Å². The summed E-state index contributed by atoms with van der Waals surface area (Å²) >= 11 is 0. The molecule has 6 heteroatoms. The zero-order valence-corrected chi connectivity index (χ0v) is 15.2. The smallest absolute Gasteiger partial charge is 0.211 e. The number of aryl methyl sites for hydroxylation is 1. The van der Waals surface area contributed by atoms with Gasteiger partial charge in [0, 0.05) is 12.6 Å². The molecule has 0 fully saturated rings. The van der Waals surface area contributed by atoms with Crippen LogP contribution in [0.1, 0.15) is 31.4 Å². The monoisotopic (exact) mass is 367 g/mol. The molecule has 25 heavy (non-hydrogen) atoms. The van der Waals surface area contributed by atoms with Crippen LogP contribution < -0.4 is 4.72 Å². The molecule has 0 aromatic heterocycles. The van der Waals surface area contributed by atoms with Crippen molar-refractivity contribution in [1.82, 2.24) is 4.72 Å². The molecule has 0 atom stereocenters. The second kappa shape index (κ2) is 8.54. The fraction of sp³-hybridized carbons (Fsp3) is 0.368. The Balaban J connectivity index is 1.98. The Morgan fingerprint density at radius 3 is 2.44 bits per heavy atom. The minimum Gasteiger partial charge on any atom is -0.211 e. The van der Waals surface area contributed by atoms with Crippen LogP contribution in [0.2, 0.25) is 0 Å². The Bertz CT molecular complexity index is 820. The highest BCUT2D eigenvalue weighted by atomic mass is 32.2. The van der Waals surface area contributed by atoms with Crippen LogP contribution in [0.25, 0.3) is 0 Å². The summed E-state index contributed by atoms with van der Waals surface area (Å²) in [4.78, 5) is 0.289. The second-order valence-corrected chi connectivity index (χ2v) is 8.18. The van der Waals surface area contributed by atoms with E-state index in [9.17, 15) is 17.2 Å². The van der Waals surface area contributed by atoms with Crippen LogP contribution in [-0.4, -0.2) is 15.0 Å². The van der Waals surface area contributed by atoms with Gasteiger partial charge in [-0.2, -0.15) is 0 Å². The summed E-state index contributed by atoms with van der Waals surface area (Å²) in [6, 6.07) is 10.4. The van der Waals surface area contributed by atoms with Gasteiger partial charge in [0.15, 0.2) is 0 Å². The molecule has 136 valence electrons. The summed E-state index contributed by atoms with van der Waals surface area (Å²) in [5.74, 6) is -0.883. The molecular weight excluding hydrogens is 344 g/mol. The lowest BCUT2D eigenvalue weighted by Crippen LogP contribution is -2.26. The van der Waals surface area contributed by atoms with Crippen molar-refractivity contribution in [3.05, 3.63) is 65.2 Å². The van der Waals surface area contributed by atoms with Gasteiger partial charge in [-0.1, -0.05) is 38.1 Å². The summed E-state index contributed by atoms with van der Waals surface area (Å²) in [6.07, 6.45) is 1.44. The third-order valence-corrected chi connectivity index (χ3v) is 5.38. The van der Waals surface area contributed by atoms with E-state index in [1.54, 1.807) is 12.1 Å². The maximum Gasteiger partial charge on any atom is 0.240 e. The number of benzene rings is 2. The van der Waals surface area contributed by atoms with Gasteiger partial charge in [-0.15, -0.1) is 0 Å². The zero-order chi connectivity index (χ0) is 18.4. The largest absolute Gasteiger partial charge is 0.240 e. The van der Waals surface area contributed by atoms with Gasteiger partial charge in [0.2, 0.25) is 10.0 Å². The van der Waals surface area contributed by atoms with Gasteiger partial charge >= 0.3 is 0 Å². The van der Waals surface area contributed by atoms with Crippen molar-refractivity contribution < 1.29 is 17.2 Å². The Hall–Kier alpha value is -1.79. The third-order valence-electron chi connectivity index (χ3n) is 3.82. The predicted octanol–water partition coefficient (Wildman–Crippen LogP) is 4.07. The van der Waals surface area contributed by atoms with Crippen LogP contribution >= 0.6 is 0 Å². The van der Waals surface area contributed by atoms with Crippen molar-refractivity contribution >= 4 is 10.0 Å². The van der Waals surface area contributed by atoms with E-state index in [1.807, 2.05) is 26.0 Å². The van der Waals surface area contributed by atoms with Crippen LogP contribution in [0.5, 0.6) is 0 Å². The molecule has 0 aliphatic carbocycles. The summed E-state index contributed by atoms with van der Waals surface area (Å²) in [5.41, 5.74) is 1.16. The SMILES string of the molecule is CC(C)Cc1ccccc1S(=O)(=O)NCCCc1ccc(F)cc1F. The van der Waals surface area contributed by atoms with Crippen molar-refractivity contribution in [3.8, 4) is 0 Å². The average Bonchev–Trinajstić information content (AvgIpc) is 2.53. The Kier molecular flexibility index (Phi) is 6.67. The average molecular weight is 367 g/mol. The Labute approximate surface area is 148 Å². The predicted molar refractivity (Wildman–Crippen MR) is 94.9 cm³/mol. The minimum absolute atomic E-state index is 0.190. The van der Waals surface area contributed by atoms with Crippen LogP contribution in [0, 0.1) is 17.6 Å². The number of nitrogens with one attached hydrogen (secondary N) is 1. The minimum atomic E-state index is -3.61. The fourth-order valence-corrected chi connectivity index (χ4v) is 3.98. The number of halogens is 2. The Morgan fingerprint density at radius 1 is 1.04 bits per heavy atom. The Morgan fingerprint density at radius 2 is 1.76 bits per heavy atom. The zero-order valence-electron chi connectivity index (χ0n) is 14.4. The van der Waals surface area contributed by atoms with Crippen LogP contribution in [0.15, 0.2) is 47.4 Å². The van der Waals surface area contributed by atoms with E-state index < -0.39 is 21.7 Å². The molecular formula is C19H23F2NO2S. The van der Waals surface area contributed by atoms with E-state index in [0.717, 1.165) is 11.6 Å². The molecule has 0 saturated heterocycles. The maximum absolute atomic E-state index is 13.6. The highest BCUT2D eigenvalue weighted by molar-refractivity contribution is 7.89. The van der Waals surface area contributed by atoms with Crippen molar-refractivity contribution in [2.24, 2.45) is 5.92 Å². The van der Waals surface area contributed by atoms with Crippen LogP contribution in [0.4, 0.5) is 8.78 Å². The van der Waals surface area contributed by atoms with Gasteiger partial charge in [0.1, 0.15) is 11.6 Å². The molecule has 1 N–H and O–H groups in total. The van der Waals surface area contributed by atoms with Crippen molar-refractivity contribution in [3.63, 3.8) is 0 Å². The lowest BCUT2D eigenvalue weighted by atomic mass is 10.0. The lowest BCUT2D eigenvalue weighted by molar-refractivity contribution is 0.564. The standard InChI is InChI=1S/C19H23F2NO2S/c1-14(2)12-16-6-3-4-8-19(16)25(23,24)22-11-5-7-15-9-10-17(20)13-18(15)21/h3-4,6,8-10,13-14,22H,5,7,11-12H2,1-2H3. The lowest BCUT2D eigenvalue weighted by Gasteiger charge is -2.13. The third kappa shape index (κ3) is 5.61. The van der Waals surface area contributed by atoms with E-state index >= 15 is 0 Å². The summed E-state index contributed by atoms with van der Waals surface area (Å²) in [7, 11) is -3.61. The quantitative estimate of drug-likeness (QED) is 0.715. The normalized spacial score (nSPS) is 11.9. The first-order valence-corrected chi connectivity index (χ1v) is 9.79. The molecule has 0 heterocycles. The molecule has 0 aliphatic rings. The molecule has 0 amide bonds. The molecule has 2 rings (SSSR count). The highest BCUT2D eigenvalue weighted by Crippen LogP contribution is 2.19. The van der Waals surface area contributed by atoms with E-state index in [2.05, 4.69) is 4.72 Å². The van der Waals surface area contributed by atoms with Gasteiger partial charge in [-0.3, -0.25) is 0 Å². The van der Waals surface area contributed by atoms with Gasteiger partial charge in [0.25, 0.3) is 0 Å². The highest BCUT2D eigenvalue weighted by Gasteiger charge is 2.18. The second-order valence-electron chi connectivity index (χ2n) is 6.44. The van der Waals surface area contributed by atoms with Gasteiger partial charge in [0.05, 0.1) is 4.90 Å². The number of rotatable bonds is 8. The molecule has 0 spiro atoms. The maximum atomic E-state index is 13.6. The molecule has 0 unspecified atom stereocenters. The number of sulfonamides is 1.